The number of non-ortho nitro benzene ring substituents is 1. The lowest BCUT2D eigenvalue weighted by Crippen LogP contribution is -2.40. The van der Waals surface area contributed by atoms with Crippen molar-refractivity contribution in [3.05, 3.63) is 75.3 Å². The topological polar surface area (TPSA) is 81.5 Å². The van der Waals surface area contributed by atoms with Crippen LogP contribution in [0.2, 0.25) is 0 Å². The van der Waals surface area contributed by atoms with Gasteiger partial charge in [0, 0.05) is 30.2 Å². The number of nitro groups is 1. The number of rotatable bonds is 4. The van der Waals surface area contributed by atoms with Crippen molar-refractivity contribution in [2.45, 2.75) is 38.8 Å². The highest BCUT2D eigenvalue weighted by Gasteiger charge is 2.34. The van der Waals surface area contributed by atoms with Crippen LogP contribution in [-0.2, 0) is 4.79 Å². The molecule has 2 aromatic rings. The fourth-order valence-electron chi connectivity index (χ4n) is 3.19. The van der Waals surface area contributed by atoms with E-state index in [-0.39, 0.29) is 23.2 Å². The number of nitrogens with zero attached hydrogens (tertiary/aromatic N) is 1. The Balaban J connectivity index is 1.73. The largest absolute Gasteiger partial charge is 0.487 e. The number of ether oxygens (including phenoxy) is 1. The van der Waals surface area contributed by atoms with Gasteiger partial charge in [-0.25, -0.2) is 0 Å². The molecule has 6 heteroatoms. The van der Waals surface area contributed by atoms with Crippen LogP contribution in [0.5, 0.6) is 5.75 Å². The van der Waals surface area contributed by atoms with Crippen molar-refractivity contribution in [2.24, 2.45) is 0 Å². The van der Waals surface area contributed by atoms with Gasteiger partial charge in [0.2, 0.25) is 5.91 Å². The molecule has 1 heterocycles. The molecule has 0 bridgehead atoms. The van der Waals surface area contributed by atoms with Crippen molar-refractivity contribution < 1.29 is 14.5 Å². The smallest absolute Gasteiger partial charge is 0.269 e. The van der Waals surface area contributed by atoms with Gasteiger partial charge in [0.25, 0.3) is 5.69 Å². The maximum Gasteiger partial charge on any atom is 0.269 e. The predicted octanol–water partition coefficient (Wildman–Crippen LogP) is 4.34. The molecule has 0 saturated heterocycles. The zero-order valence-electron chi connectivity index (χ0n) is 15.6. The van der Waals surface area contributed by atoms with Gasteiger partial charge in [-0.1, -0.05) is 12.1 Å². The predicted molar refractivity (Wildman–Crippen MR) is 104 cm³/mol. The average Bonchev–Trinajstić information content (AvgIpc) is 2.59. The van der Waals surface area contributed by atoms with Crippen molar-refractivity contribution in [1.29, 1.82) is 0 Å². The molecule has 0 saturated carbocycles. The van der Waals surface area contributed by atoms with Crippen molar-refractivity contribution in [3.63, 3.8) is 0 Å². The summed E-state index contributed by atoms with van der Waals surface area (Å²) in [5.74, 6) is 0.582. The Morgan fingerprint density at radius 1 is 1.26 bits per heavy atom. The van der Waals surface area contributed by atoms with Crippen LogP contribution in [-0.4, -0.2) is 16.4 Å². The summed E-state index contributed by atoms with van der Waals surface area (Å²) in [4.78, 5) is 22.6. The van der Waals surface area contributed by atoms with E-state index in [2.05, 4.69) is 5.32 Å². The molecule has 1 atom stereocenters. The van der Waals surface area contributed by atoms with Crippen LogP contribution in [0.25, 0.3) is 6.08 Å². The molecule has 6 nitrogen and oxygen atoms in total. The van der Waals surface area contributed by atoms with Crippen molar-refractivity contribution >= 4 is 17.7 Å². The van der Waals surface area contributed by atoms with Crippen LogP contribution >= 0.6 is 0 Å². The molecule has 1 amide bonds. The molecular weight excluding hydrogens is 344 g/mol. The lowest BCUT2D eigenvalue weighted by atomic mass is 9.89. The monoisotopic (exact) mass is 366 g/mol. The van der Waals surface area contributed by atoms with E-state index in [1.807, 2.05) is 39.0 Å². The molecule has 1 aliphatic rings. The van der Waals surface area contributed by atoms with E-state index in [1.54, 1.807) is 18.2 Å². The highest BCUT2D eigenvalue weighted by molar-refractivity contribution is 5.92. The van der Waals surface area contributed by atoms with Gasteiger partial charge >= 0.3 is 0 Å². The van der Waals surface area contributed by atoms with Gasteiger partial charge in [0.05, 0.1) is 11.0 Å². The number of aryl methyl sites for hydroxylation is 1. The van der Waals surface area contributed by atoms with E-state index >= 15 is 0 Å². The summed E-state index contributed by atoms with van der Waals surface area (Å²) in [6.07, 6.45) is 3.75. The quantitative estimate of drug-likeness (QED) is 0.496. The first kappa shape index (κ1) is 18.6. The normalized spacial score (nSPS) is 17.8. The molecule has 0 aliphatic carbocycles. The Morgan fingerprint density at radius 3 is 2.63 bits per heavy atom. The van der Waals surface area contributed by atoms with Gasteiger partial charge in [0.15, 0.2) is 0 Å². The number of fused-ring (bicyclic) bond motifs is 1. The minimum atomic E-state index is -0.452. The Hall–Kier alpha value is -3.15. The molecule has 0 spiro atoms. The molecular formula is C21H22N2O4. The van der Waals surface area contributed by atoms with E-state index in [4.69, 9.17) is 4.74 Å². The molecule has 0 unspecified atom stereocenters. The summed E-state index contributed by atoms with van der Waals surface area (Å²) in [6.45, 7) is 6.01. The summed E-state index contributed by atoms with van der Waals surface area (Å²) in [6, 6.07) is 11.9. The van der Waals surface area contributed by atoms with Gasteiger partial charge < -0.3 is 10.1 Å². The number of nitro benzene ring substituents is 1. The van der Waals surface area contributed by atoms with Crippen molar-refractivity contribution in [2.75, 3.05) is 0 Å². The van der Waals surface area contributed by atoms with Gasteiger partial charge in [-0.05, 0) is 56.2 Å². The van der Waals surface area contributed by atoms with Crippen LogP contribution in [0.15, 0.2) is 48.5 Å². The second-order valence-electron chi connectivity index (χ2n) is 7.35. The van der Waals surface area contributed by atoms with Crippen LogP contribution in [0.1, 0.15) is 43.0 Å². The first-order valence-electron chi connectivity index (χ1n) is 8.76. The number of nitrogens with one attached hydrogen (secondary N) is 1. The fourth-order valence-corrected chi connectivity index (χ4v) is 3.19. The number of carbonyl (C=O) groups excluding carboxylic acids is 1. The molecule has 0 aromatic heterocycles. The Labute approximate surface area is 158 Å². The zero-order valence-corrected chi connectivity index (χ0v) is 15.6. The van der Waals surface area contributed by atoms with Crippen molar-refractivity contribution in [3.8, 4) is 5.75 Å². The lowest BCUT2D eigenvalue weighted by Gasteiger charge is -2.38. The van der Waals surface area contributed by atoms with Crippen LogP contribution in [0, 0.1) is 17.0 Å². The van der Waals surface area contributed by atoms with Gasteiger partial charge in [0.1, 0.15) is 11.4 Å². The summed E-state index contributed by atoms with van der Waals surface area (Å²) in [5.41, 5.74) is 2.44. The third kappa shape index (κ3) is 4.53. The maximum absolute atomic E-state index is 12.4. The molecule has 3 rings (SSSR count). The number of amides is 1. The molecule has 27 heavy (non-hydrogen) atoms. The number of benzene rings is 2. The van der Waals surface area contributed by atoms with E-state index < -0.39 is 4.92 Å². The second-order valence-corrected chi connectivity index (χ2v) is 7.35. The van der Waals surface area contributed by atoms with Crippen LogP contribution in [0.4, 0.5) is 5.69 Å². The van der Waals surface area contributed by atoms with E-state index in [0.717, 1.165) is 22.4 Å². The molecule has 0 fully saturated rings. The van der Waals surface area contributed by atoms with Crippen molar-refractivity contribution in [1.82, 2.24) is 5.32 Å². The number of carbonyl (C=O) groups is 1. The Bertz CT molecular complexity index is 901. The summed E-state index contributed by atoms with van der Waals surface area (Å²) < 4.78 is 6.05. The maximum atomic E-state index is 12.4. The first-order chi connectivity index (χ1) is 12.7. The first-order valence-corrected chi connectivity index (χ1v) is 8.76. The minimum absolute atomic E-state index is 0.0212. The Kier molecular flexibility index (Phi) is 4.99. The number of hydrogen-bond acceptors (Lipinski definition) is 4. The highest BCUT2D eigenvalue weighted by atomic mass is 16.6. The third-order valence-electron chi connectivity index (χ3n) is 4.47. The standard InChI is InChI=1S/C21H22N2O4/c1-14-4-10-17-18(13-21(2,3)27-19(17)12-14)22-20(24)11-7-15-5-8-16(9-6-15)23(25)26/h4-12,18H,13H2,1-3H3,(H,22,24)/b11-7+/t18-/m1/s1. The summed E-state index contributed by atoms with van der Waals surface area (Å²) in [7, 11) is 0. The molecule has 2 aromatic carbocycles. The van der Waals surface area contributed by atoms with E-state index in [0.29, 0.717) is 6.42 Å². The molecule has 140 valence electrons. The minimum Gasteiger partial charge on any atom is -0.487 e. The third-order valence-corrected chi connectivity index (χ3v) is 4.47. The summed E-state index contributed by atoms with van der Waals surface area (Å²) >= 11 is 0. The fraction of sp³-hybridized carbons (Fsp3) is 0.286. The van der Waals surface area contributed by atoms with Crippen LogP contribution < -0.4 is 10.1 Å². The molecule has 0 radical (unpaired) electrons. The molecule has 1 N–H and O–H groups in total. The number of hydrogen-bond donors (Lipinski definition) is 1. The highest BCUT2D eigenvalue weighted by Crippen LogP contribution is 2.39. The van der Waals surface area contributed by atoms with Gasteiger partial charge in [-0.15, -0.1) is 0 Å². The van der Waals surface area contributed by atoms with Gasteiger partial charge in [-0.3, -0.25) is 14.9 Å². The summed E-state index contributed by atoms with van der Waals surface area (Å²) in [5, 5.41) is 13.7. The zero-order chi connectivity index (χ0) is 19.6. The SMILES string of the molecule is Cc1ccc2c(c1)OC(C)(C)C[C@H]2NC(=O)/C=C/c1ccc([N+](=O)[O-])cc1. The lowest BCUT2D eigenvalue weighted by molar-refractivity contribution is -0.384. The van der Waals surface area contributed by atoms with Gasteiger partial charge in [-0.2, -0.15) is 0 Å². The average molecular weight is 366 g/mol. The van der Waals surface area contributed by atoms with Crippen LogP contribution in [0.3, 0.4) is 0 Å². The van der Waals surface area contributed by atoms with E-state index in [9.17, 15) is 14.9 Å². The molecule has 1 aliphatic heterocycles. The second kappa shape index (κ2) is 7.23. The Morgan fingerprint density at radius 2 is 1.96 bits per heavy atom. The van der Waals surface area contributed by atoms with E-state index in [1.165, 1.54) is 18.2 Å².